The second-order valence-electron chi connectivity index (χ2n) is 7.93. The van der Waals surface area contributed by atoms with E-state index < -0.39 is 12.1 Å². The number of amides is 1. The first kappa shape index (κ1) is 20.9. The van der Waals surface area contributed by atoms with Crippen LogP contribution < -0.4 is 10.1 Å². The molecule has 154 valence electrons. The normalized spacial score (nSPS) is 16.6. The number of fused-ring (bicyclic) bond motifs is 1. The molecule has 0 aromatic heterocycles. The van der Waals surface area contributed by atoms with Gasteiger partial charge in [-0.2, -0.15) is 0 Å². The van der Waals surface area contributed by atoms with Crippen LogP contribution in [-0.2, 0) is 16.0 Å². The molecule has 1 amide bonds. The van der Waals surface area contributed by atoms with Gasteiger partial charge in [-0.3, -0.25) is 4.79 Å². The smallest absolute Gasteiger partial charge is 0.338 e. The second kappa shape index (κ2) is 9.59. The van der Waals surface area contributed by atoms with Crippen LogP contribution in [0.4, 0.5) is 0 Å². The Bertz CT molecular complexity index is 844. The zero-order valence-electron chi connectivity index (χ0n) is 17.3. The number of hydrogen-bond donors (Lipinski definition) is 1. The number of ether oxygens (including phenoxy) is 2. The average molecular weight is 395 g/mol. The molecule has 1 N–H and O–H groups in total. The van der Waals surface area contributed by atoms with E-state index in [4.69, 9.17) is 9.47 Å². The van der Waals surface area contributed by atoms with Gasteiger partial charge >= 0.3 is 5.97 Å². The lowest BCUT2D eigenvalue weighted by atomic mass is 9.87. The molecule has 29 heavy (non-hydrogen) atoms. The highest BCUT2D eigenvalue weighted by atomic mass is 16.5. The fraction of sp³-hybridized carbons (Fsp3) is 0.417. The monoisotopic (exact) mass is 395 g/mol. The lowest BCUT2D eigenvalue weighted by molar-refractivity contribution is -0.130. The van der Waals surface area contributed by atoms with Crippen LogP contribution in [-0.4, -0.2) is 24.6 Å². The first-order valence-electron chi connectivity index (χ1n) is 10.3. The topological polar surface area (TPSA) is 64.6 Å². The summed E-state index contributed by atoms with van der Waals surface area (Å²) in [7, 11) is 0. The quantitative estimate of drug-likeness (QED) is 0.703. The summed E-state index contributed by atoms with van der Waals surface area (Å²) in [5, 5.41) is 3.03. The van der Waals surface area contributed by atoms with Crippen molar-refractivity contribution in [3.63, 3.8) is 0 Å². The maximum Gasteiger partial charge on any atom is 0.338 e. The number of carbonyl (C=O) groups excluding carboxylic acids is 2. The predicted octanol–water partition coefficient (Wildman–Crippen LogP) is 4.46. The molecular formula is C24H29NO4. The molecule has 5 heteroatoms. The van der Waals surface area contributed by atoms with Gasteiger partial charge in [0.15, 0.2) is 6.10 Å². The zero-order chi connectivity index (χ0) is 20.8. The molecule has 2 aromatic rings. The van der Waals surface area contributed by atoms with Crippen LogP contribution in [0.25, 0.3) is 0 Å². The zero-order valence-corrected chi connectivity index (χ0v) is 17.3. The first-order valence-corrected chi connectivity index (χ1v) is 10.3. The summed E-state index contributed by atoms with van der Waals surface area (Å²) < 4.78 is 11.0. The van der Waals surface area contributed by atoms with E-state index >= 15 is 0 Å². The lowest BCUT2D eigenvalue weighted by Crippen LogP contribution is -2.39. The summed E-state index contributed by atoms with van der Waals surface area (Å²) >= 11 is 0. The van der Waals surface area contributed by atoms with Crippen molar-refractivity contribution >= 4 is 11.9 Å². The SMILES string of the molecule is CC(C)COc1ccc(C(=O)OC(C)C(=O)NC2CCCc3ccccc32)cc1. The molecule has 0 heterocycles. The molecule has 0 saturated heterocycles. The molecular weight excluding hydrogens is 366 g/mol. The van der Waals surface area contributed by atoms with Crippen LogP contribution >= 0.6 is 0 Å². The van der Waals surface area contributed by atoms with Crippen molar-refractivity contribution in [1.29, 1.82) is 0 Å². The van der Waals surface area contributed by atoms with Gasteiger partial charge in [-0.1, -0.05) is 38.1 Å². The Morgan fingerprint density at radius 2 is 1.79 bits per heavy atom. The third kappa shape index (κ3) is 5.59. The van der Waals surface area contributed by atoms with Crippen LogP contribution in [0.1, 0.15) is 61.1 Å². The van der Waals surface area contributed by atoms with Crippen molar-refractivity contribution in [3.8, 4) is 5.75 Å². The number of carbonyl (C=O) groups is 2. The van der Waals surface area contributed by atoms with Gasteiger partial charge in [0.2, 0.25) is 0 Å². The van der Waals surface area contributed by atoms with E-state index in [0.29, 0.717) is 23.8 Å². The van der Waals surface area contributed by atoms with Gasteiger partial charge in [-0.05, 0) is 67.5 Å². The summed E-state index contributed by atoms with van der Waals surface area (Å²) in [6.45, 7) is 6.36. The van der Waals surface area contributed by atoms with Crippen molar-refractivity contribution in [3.05, 3.63) is 65.2 Å². The fourth-order valence-corrected chi connectivity index (χ4v) is 3.43. The third-order valence-electron chi connectivity index (χ3n) is 5.01. The molecule has 2 atom stereocenters. The molecule has 5 nitrogen and oxygen atoms in total. The Morgan fingerprint density at radius 3 is 2.52 bits per heavy atom. The molecule has 1 aliphatic rings. The van der Waals surface area contributed by atoms with Crippen LogP contribution in [0.2, 0.25) is 0 Å². The minimum Gasteiger partial charge on any atom is -0.493 e. The van der Waals surface area contributed by atoms with Gasteiger partial charge in [-0.25, -0.2) is 4.79 Å². The van der Waals surface area contributed by atoms with Gasteiger partial charge in [0.1, 0.15) is 5.75 Å². The highest BCUT2D eigenvalue weighted by molar-refractivity contribution is 5.92. The number of esters is 1. The number of benzene rings is 2. The molecule has 3 rings (SSSR count). The van der Waals surface area contributed by atoms with Crippen molar-refractivity contribution < 1.29 is 19.1 Å². The Hall–Kier alpha value is -2.82. The van der Waals surface area contributed by atoms with Gasteiger partial charge in [0, 0.05) is 0 Å². The van der Waals surface area contributed by atoms with Crippen molar-refractivity contribution in [1.82, 2.24) is 5.32 Å². The van der Waals surface area contributed by atoms with E-state index in [-0.39, 0.29) is 11.9 Å². The summed E-state index contributed by atoms with van der Waals surface area (Å²) in [5.74, 6) is 0.330. The number of aryl methyl sites for hydroxylation is 1. The summed E-state index contributed by atoms with van der Waals surface area (Å²) in [6, 6.07) is 14.9. The maximum absolute atomic E-state index is 12.6. The van der Waals surface area contributed by atoms with Crippen LogP contribution in [0.15, 0.2) is 48.5 Å². The number of hydrogen-bond acceptors (Lipinski definition) is 4. The van der Waals surface area contributed by atoms with Gasteiger partial charge < -0.3 is 14.8 Å². The Morgan fingerprint density at radius 1 is 1.07 bits per heavy atom. The summed E-state index contributed by atoms with van der Waals surface area (Å²) in [5.41, 5.74) is 2.82. The number of rotatable bonds is 7. The molecule has 0 aliphatic heterocycles. The third-order valence-corrected chi connectivity index (χ3v) is 5.01. The Balaban J connectivity index is 1.55. The maximum atomic E-state index is 12.6. The fourth-order valence-electron chi connectivity index (χ4n) is 3.43. The van der Waals surface area contributed by atoms with Gasteiger partial charge in [0.25, 0.3) is 5.91 Å². The predicted molar refractivity (Wildman–Crippen MR) is 112 cm³/mol. The second-order valence-corrected chi connectivity index (χ2v) is 7.93. The van der Waals surface area contributed by atoms with E-state index in [1.165, 1.54) is 5.56 Å². The van der Waals surface area contributed by atoms with E-state index in [1.54, 1.807) is 31.2 Å². The van der Waals surface area contributed by atoms with Crippen molar-refractivity contribution in [2.45, 2.75) is 52.2 Å². The molecule has 0 bridgehead atoms. The molecule has 2 unspecified atom stereocenters. The minimum absolute atomic E-state index is 0.0361. The first-order chi connectivity index (χ1) is 13.9. The van der Waals surface area contributed by atoms with Crippen molar-refractivity contribution in [2.24, 2.45) is 5.92 Å². The van der Waals surface area contributed by atoms with E-state index in [0.717, 1.165) is 24.8 Å². The molecule has 0 saturated carbocycles. The van der Waals surface area contributed by atoms with Crippen LogP contribution in [0.3, 0.4) is 0 Å². The lowest BCUT2D eigenvalue weighted by Gasteiger charge is -2.27. The van der Waals surface area contributed by atoms with Crippen LogP contribution in [0, 0.1) is 5.92 Å². The van der Waals surface area contributed by atoms with Gasteiger partial charge in [-0.15, -0.1) is 0 Å². The highest BCUT2D eigenvalue weighted by Crippen LogP contribution is 2.29. The molecule has 0 radical (unpaired) electrons. The average Bonchev–Trinajstić information content (AvgIpc) is 2.72. The Kier molecular flexibility index (Phi) is 6.91. The standard InChI is InChI=1S/C24H29NO4/c1-16(2)15-28-20-13-11-19(12-14-20)24(27)29-17(3)23(26)25-22-10-6-8-18-7-4-5-9-21(18)22/h4-5,7,9,11-14,16-17,22H,6,8,10,15H2,1-3H3,(H,25,26). The van der Waals surface area contributed by atoms with Crippen molar-refractivity contribution in [2.75, 3.05) is 6.61 Å². The minimum atomic E-state index is -0.867. The summed E-state index contributed by atoms with van der Waals surface area (Å²) in [6.07, 6.45) is 2.08. The van der Waals surface area contributed by atoms with Gasteiger partial charge in [0.05, 0.1) is 18.2 Å². The van der Waals surface area contributed by atoms with E-state index in [1.807, 2.05) is 12.1 Å². The van der Waals surface area contributed by atoms with E-state index in [9.17, 15) is 9.59 Å². The molecule has 0 spiro atoms. The largest absolute Gasteiger partial charge is 0.493 e. The molecule has 1 aliphatic carbocycles. The molecule has 2 aromatic carbocycles. The summed E-state index contributed by atoms with van der Waals surface area (Å²) in [4.78, 5) is 25.0. The van der Waals surface area contributed by atoms with Crippen LogP contribution in [0.5, 0.6) is 5.75 Å². The Labute approximate surface area is 172 Å². The van der Waals surface area contributed by atoms with E-state index in [2.05, 4.69) is 31.3 Å². The highest BCUT2D eigenvalue weighted by Gasteiger charge is 2.25. The molecule has 0 fully saturated rings. The number of nitrogens with one attached hydrogen (secondary N) is 1.